The summed E-state index contributed by atoms with van der Waals surface area (Å²) in [4.78, 5) is 25.0. The summed E-state index contributed by atoms with van der Waals surface area (Å²) < 4.78 is 66.3. The normalized spacial score (nSPS) is 12.6. The van der Waals surface area contributed by atoms with Crippen LogP contribution in [0.1, 0.15) is 22.8 Å². The Balaban J connectivity index is 1.72. The minimum absolute atomic E-state index is 0.0689. The number of sulfonamides is 1. The molecular formula is C23H19F3N2O5S. The van der Waals surface area contributed by atoms with Crippen molar-refractivity contribution in [3.05, 3.63) is 83.9 Å². The summed E-state index contributed by atoms with van der Waals surface area (Å²) in [6.07, 6.45) is -5.72. The van der Waals surface area contributed by atoms with E-state index >= 15 is 0 Å². The highest BCUT2D eigenvalue weighted by atomic mass is 32.2. The van der Waals surface area contributed by atoms with Crippen LogP contribution < -0.4 is 10.5 Å². The monoisotopic (exact) mass is 492 g/mol. The lowest BCUT2D eigenvalue weighted by Gasteiger charge is -2.16. The van der Waals surface area contributed by atoms with Crippen LogP contribution in [0, 0.1) is 0 Å². The Hall–Kier alpha value is -3.70. The maximum Gasteiger partial charge on any atom is 0.416 e. The maximum absolute atomic E-state index is 12.8. The average Bonchev–Trinajstić information content (AvgIpc) is 2.78. The molecule has 1 unspecified atom stereocenters. The van der Waals surface area contributed by atoms with Crippen molar-refractivity contribution in [2.45, 2.75) is 24.1 Å². The number of hydrogen-bond donors (Lipinski definition) is 2. The lowest BCUT2D eigenvalue weighted by molar-refractivity contribution is -0.137. The molecule has 0 spiro atoms. The second kappa shape index (κ2) is 9.65. The van der Waals surface area contributed by atoms with Crippen LogP contribution in [0.4, 0.5) is 18.9 Å². The molecule has 0 bridgehead atoms. The molecule has 0 aliphatic carbocycles. The first-order chi connectivity index (χ1) is 15.9. The van der Waals surface area contributed by atoms with Crippen LogP contribution in [0.2, 0.25) is 0 Å². The molecule has 1 atom stereocenters. The second-order valence-electron chi connectivity index (χ2n) is 7.23. The Morgan fingerprint density at radius 2 is 1.53 bits per heavy atom. The number of carbonyl (C=O) groups is 2. The molecule has 3 aromatic rings. The number of nitrogens with two attached hydrogens (primary N) is 1. The van der Waals surface area contributed by atoms with Gasteiger partial charge in [-0.1, -0.05) is 30.3 Å². The highest BCUT2D eigenvalue weighted by Gasteiger charge is 2.30. The average molecular weight is 492 g/mol. The summed E-state index contributed by atoms with van der Waals surface area (Å²) in [5.74, 6) is -1.52. The number of primary sulfonamides is 1. The number of alkyl halides is 3. The summed E-state index contributed by atoms with van der Waals surface area (Å²) in [5, 5.41) is 7.51. The van der Waals surface area contributed by atoms with E-state index in [0.29, 0.717) is 11.1 Å². The fourth-order valence-corrected chi connectivity index (χ4v) is 3.52. The zero-order chi connectivity index (χ0) is 25.1. The molecular weight excluding hydrogens is 473 g/mol. The molecule has 11 heteroatoms. The number of carbonyl (C=O) groups excluding carboxylic acids is 2. The van der Waals surface area contributed by atoms with Gasteiger partial charge in [0.25, 0.3) is 5.91 Å². The van der Waals surface area contributed by atoms with E-state index in [-0.39, 0.29) is 16.1 Å². The summed E-state index contributed by atoms with van der Waals surface area (Å²) in [5.41, 5.74) is 0.212. The number of amides is 1. The Kier molecular flexibility index (Phi) is 7.08. The van der Waals surface area contributed by atoms with Crippen LogP contribution in [-0.4, -0.2) is 26.4 Å². The lowest BCUT2D eigenvalue weighted by Crippen LogP contribution is -2.30. The van der Waals surface area contributed by atoms with Crippen molar-refractivity contribution in [3.63, 3.8) is 0 Å². The first-order valence-electron chi connectivity index (χ1n) is 9.77. The van der Waals surface area contributed by atoms with Crippen molar-refractivity contribution in [1.82, 2.24) is 0 Å². The van der Waals surface area contributed by atoms with Gasteiger partial charge in [0.05, 0.1) is 16.0 Å². The Labute approximate surface area is 193 Å². The minimum atomic E-state index is -4.49. The summed E-state index contributed by atoms with van der Waals surface area (Å²) in [6, 6.07) is 15.5. The second-order valence-corrected chi connectivity index (χ2v) is 8.79. The van der Waals surface area contributed by atoms with Gasteiger partial charge in [-0.2, -0.15) is 13.2 Å². The number of benzene rings is 3. The van der Waals surface area contributed by atoms with Crippen molar-refractivity contribution in [1.29, 1.82) is 0 Å². The van der Waals surface area contributed by atoms with E-state index in [4.69, 9.17) is 9.88 Å². The molecule has 178 valence electrons. The molecule has 3 rings (SSSR count). The molecule has 3 aromatic carbocycles. The number of nitrogens with one attached hydrogen (secondary N) is 1. The molecule has 0 aliphatic heterocycles. The smallest absolute Gasteiger partial charge is 0.416 e. The van der Waals surface area contributed by atoms with Crippen molar-refractivity contribution < 1.29 is 35.9 Å². The summed E-state index contributed by atoms with van der Waals surface area (Å²) >= 11 is 0. The van der Waals surface area contributed by atoms with Gasteiger partial charge < -0.3 is 10.1 Å². The molecule has 0 saturated carbocycles. The first-order valence-corrected chi connectivity index (χ1v) is 11.3. The third kappa shape index (κ3) is 6.00. The van der Waals surface area contributed by atoms with Gasteiger partial charge in [0.1, 0.15) is 0 Å². The largest absolute Gasteiger partial charge is 0.449 e. The number of ether oxygens (including phenoxy) is 1. The predicted octanol–water partition coefficient (Wildman–Crippen LogP) is 4.20. The van der Waals surface area contributed by atoms with E-state index in [1.54, 1.807) is 18.2 Å². The van der Waals surface area contributed by atoms with E-state index < -0.39 is 39.7 Å². The quantitative estimate of drug-likeness (QED) is 0.501. The van der Waals surface area contributed by atoms with Crippen molar-refractivity contribution >= 4 is 27.6 Å². The summed E-state index contributed by atoms with van der Waals surface area (Å²) in [6.45, 7) is 1.34. The fourth-order valence-electron chi connectivity index (χ4n) is 3.00. The van der Waals surface area contributed by atoms with Crippen molar-refractivity contribution in [2.24, 2.45) is 5.14 Å². The molecule has 3 N–H and O–H groups in total. The zero-order valence-electron chi connectivity index (χ0n) is 17.7. The van der Waals surface area contributed by atoms with Crippen LogP contribution in [0.15, 0.2) is 77.7 Å². The van der Waals surface area contributed by atoms with Gasteiger partial charge in [-0.25, -0.2) is 18.4 Å². The van der Waals surface area contributed by atoms with Gasteiger partial charge in [0.2, 0.25) is 10.0 Å². The van der Waals surface area contributed by atoms with Gasteiger partial charge in [0.15, 0.2) is 6.10 Å². The zero-order valence-corrected chi connectivity index (χ0v) is 18.5. The van der Waals surface area contributed by atoms with Crippen LogP contribution in [-0.2, 0) is 25.7 Å². The molecule has 0 aliphatic rings. The molecule has 0 fully saturated rings. The fraction of sp³-hybridized carbons (Fsp3) is 0.130. The minimum Gasteiger partial charge on any atom is -0.449 e. The van der Waals surface area contributed by atoms with Crippen LogP contribution >= 0.6 is 0 Å². The molecule has 34 heavy (non-hydrogen) atoms. The molecule has 0 radical (unpaired) electrons. The Morgan fingerprint density at radius 1 is 0.941 bits per heavy atom. The lowest BCUT2D eigenvalue weighted by atomic mass is 9.98. The van der Waals surface area contributed by atoms with Crippen molar-refractivity contribution in [3.8, 4) is 11.1 Å². The molecule has 1 amide bonds. The van der Waals surface area contributed by atoms with Crippen LogP contribution in [0.3, 0.4) is 0 Å². The van der Waals surface area contributed by atoms with Gasteiger partial charge in [-0.15, -0.1) is 0 Å². The number of esters is 1. The third-order valence-electron chi connectivity index (χ3n) is 4.77. The van der Waals surface area contributed by atoms with E-state index in [1.165, 1.54) is 49.4 Å². The SMILES string of the molecule is CC(OC(=O)c1ccccc1-c1ccc(C(F)(F)F)cc1)C(=O)Nc1ccc(S(N)(=O)=O)cc1. The van der Waals surface area contributed by atoms with Crippen LogP contribution in [0.5, 0.6) is 0 Å². The summed E-state index contributed by atoms with van der Waals surface area (Å²) in [7, 11) is -3.89. The maximum atomic E-state index is 12.8. The molecule has 7 nitrogen and oxygen atoms in total. The van der Waals surface area contributed by atoms with Crippen molar-refractivity contribution in [2.75, 3.05) is 5.32 Å². The van der Waals surface area contributed by atoms with E-state index in [2.05, 4.69) is 5.32 Å². The van der Waals surface area contributed by atoms with Gasteiger partial charge in [0, 0.05) is 5.69 Å². The predicted molar refractivity (Wildman–Crippen MR) is 118 cm³/mol. The van der Waals surface area contributed by atoms with Gasteiger partial charge in [-0.05, 0) is 60.5 Å². The highest BCUT2D eigenvalue weighted by molar-refractivity contribution is 7.89. The third-order valence-corrected chi connectivity index (χ3v) is 5.70. The van der Waals surface area contributed by atoms with Gasteiger partial charge in [-0.3, -0.25) is 4.79 Å². The number of hydrogen-bond acceptors (Lipinski definition) is 5. The molecule has 0 heterocycles. The van der Waals surface area contributed by atoms with E-state index in [1.807, 2.05) is 0 Å². The topological polar surface area (TPSA) is 116 Å². The van der Waals surface area contributed by atoms with E-state index in [9.17, 15) is 31.2 Å². The highest BCUT2D eigenvalue weighted by Crippen LogP contribution is 2.32. The Bertz CT molecular complexity index is 1310. The molecule has 0 aromatic heterocycles. The first kappa shape index (κ1) is 24.9. The Morgan fingerprint density at radius 3 is 2.09 bits per heavy atom. The number of anilines is 1. The van der Waals surface area contributed by atoms with E-state index in [0.717, 1.165) is 12.1 Å². The number of halogens is 3. The standard InChI is InChI=1S/C23H19F3N2O5S/c1-14(21(29)28-17-10-12-18(13-11-17)34(27,31)32)33-22(30)20-5-3-2-4-19(20)15-6-8-16(9-7-15)23(24,25)26/h2-14H,1H3,(H,28,29)(H2,27,31,32). The van der Waals surface area contributed by atoms with Gasteiger partial charge >= 0.3 is 12.1 Å². The van der Waals surface area contributed by atoms with Crippen LogP contribution in [0.25, 0.3) is 11.1 Å². The number of rotatable bonds is 6. The molecule has 0 saturated heterocycles.